The Morgan fingerprint density at radius 2 is 1.68 bits per heavy atom. The van der Waals surface area contributed by atoms with Gasteiger partial charge >= 0.3 is 6.09 Å². The molecule has 1 saturated heterocycles. The van der Waals surface area contributed by atoms with Gasteiger partial charge in [0.1, 0.15) is 17.5 Å². The number of piperidine rings is 1. The molecule has 1 atom stereocenters. The number of H-pyrrole nitrogens is 1. The number of carbonyl (C=O) groups excluding carboxylic acids is 1. The summed E-state index contributed by atoms with van der Waals surface area (Å²) in [6.07, 6.45) is 2.85. The summed E-state index contributed by atoms with van der Waals surface area (Å²) in [4.78, 5) is 20.4. The number of hydrogen-bond donors (Lipinski definition) is 3. The third-order valence-electron chi connectivity index (χ3n) is 8.14. The van der Waals surface area contributed by atoms with Crippen LogP contribution in [-0.2, 0) is 6.42 Å². The van der Waals surface area contributed by atoms with E-state index in [0.717, 1.165) is 72.4 Å². The minimum atomic E-state index is -0.423. The maximum absolute atomic E-state index is 13.5. The van der Waals surface area contributed by atoms with E-state index < -0.39 is 6.09 Å². The summed E-state index contributed by atoms with van der Waals surface area (Å²) in [6, 6.07) is 20.2. The molecule has 1 fully saturated rings. The first-order valence-corrected chi connectivity index (χ1v) is 15.0. The fourth-order valence-corrected chi connectivity index (χ4v) is 6.28. The molecule has 4 aromatic rings. The number of aromatic nitrogens is 1. The zero-order valence-electron chi connectivity index (χ0n) is 22.7. The Hall–Kier alpha value is -3.23. The van der Waals surface area contributed by atoms with Crippen LogP contribution in [0.4, 0.5) is 4.79 Å². The van der Waals surface area contributed by atoms with E-state index in [1.54, 1.807) is 29.2 Å². The quantitative estimate of drug-likeness (QED) is 0.249. The summed E-state index contributed by atoms with van der Waals surface area (Å²) >= 11 is 12.4. The Morgan fingerprint density at radius 1 is 0.976 bits per heavy atom. The zero-order chi connectivity index (χ0) is 28.3. The number of nitrogens with one attached hydrogen (secondary N) is 2. The number of nitrogens with zero attached hydrogens (tertiary/aromatic N) is 1. The van der Waals surface area contributed by atoms with Gasteiger partial charge in [0.2, 0.25) is 0 Å². The minimum Gasteiger partial charge on any atom is -0.493 e. The Morgan fingerprint density at radius 3 is 2.44 bits per heavy atom. The number of carbonyl (C=O) groups is 1. The van der Waals surface area contributed by atoms with Gasteiger partial charge in [-0.05, 0) is 72.1 Å². The van der Waals surface area contributed by atoms with E-state index in [1.165, 1.54) is 4.90 Å². The molecule has 3 heterocycles. The number of likely N-dealkylation sites (tertiary alicyclic amines) is 1. The van der Waals surface area contributed by atoms with Gasteiger partial charge in [0.25, 0.3) is 0 Å². The molecule has 0 spiro atoms. The van der Waals surface area contributed by atoms with Gasteiger partial charge in [-0.1, -0.05) is 35.3 Å². The number of quaternary nitrogens is 1. The highest BCUT2D eigenvalue weighted by atomic mass is 35.5. The molecule has 2 aliphatic heterocycles. The molecular weight excluding hydrogens is 561 g/mol. The summed E-state index contributed by atoms with van der Waals surface area (Å²) in [6.45, 7) is 4.23. The van der Waals surface area contributed by atoms with Crippen molar-refractivity contribution in [3.63, 3.8) is 0 Å². The van der Waals surface area contributed by atoms with Crippen LogP contribution >= 0.6 is 23.2 Å². The first kappa shape index (κ1) is 27.9. The molecule has 0 aliphatic carbocycles. The highest BCUT2D eigenvalue weighted by molar-refractivity contribution is 6.31. The minimum absolute atomic E-state index is 0.133. The van der Waals surface area contributed by atoms with Gasteiger partial charge < -0.3 is 24.5 Å². The summed E-state index contributed by atoms with van der Waals surface area (Å²) in [5, 5.41) is 12.0. The van der Waals surface area contributed by atoms with E-state index in [1.807, 2.05) is 42.5 Å². The summed E-state index contributed by atoms with van der Waals surface area (Å²) in [5.41, 5.74) is 4.07. The number of benzene rings is 3. The first-order valence-electron chi connectivity index (χ1n) is 14.2. The summed E-state index contributed by atoms with van der Waals surface area (Å²) in [7, 11) is 0. The van der Waals surface area contributed by atoms with Gasteiger partial charge in [0.05, 0.1) is 32.3 Å². The van der Waals surface area contributed by atoms with Crippen molar-refractivity contribution < 1.29 is 24.3 Å². The number of aliphatic hydroxyl groups excluding tert-OH is 1. The van der Waals surface area contributed by atoms with Crippen molar-refractivity contribution in [2.45, 2.75) is 37.8 Å². The van der Waals surface area contributed by atoms with Crippen molar-refractivity contribution in [3.05, 3.63) is 93.6 Å². The fraction of sp³-hybridized carbons (Fsp3) is 0.344. The molecule has 9 heteroatoms. The average Bonchev–Trinajstić information content (AvgIpc) is 3.35. The van der Waals surface area contributed by atoms with Gasteiger partial charge in [0, 0.05) is 52.4 Å². The molecule has 3 aromatic carbocycles. The van der Waals surface area contributed by atoms with Crippen LogP contribution in [0.25, 0.3) is 10.9 Å². The second-order valence-corrected chi connectivity index (χ2v) is 11.8. The number of halogens is 2. The first-order chi connectivity index (χ1) is 19.9. The lowest BCUT2D eigenvalue weighted by Gasteiger charge is -2.35. The Kier molecular flexibility index (Phi) is 8.40. The molecule has 41 heavy (non-hydrogen) atoms. The largest absolute Gasteiger partial charge is 0.493 e. The smallest absolute Gasteiger partial charge is 0.416 e. The highest BCUT2D eigenvalue weighted by Gasteiger charge is 2.36. The number of rotatable bonds is 7. The monoisotopic (exact) mass is 594 g/mol. The summed E-state index contributed by atoms with van der Waals surface area (Å²) in [5.74, 6) is 1.24. The van der Waals surface area contributed by atoms with Crippen molar-refractivity contribution >= 4 is 40.2 Å². The van der Waals surface area contributed by atoms with E-state index in [-0.39, 0.29) is 12.1 Å². The predicted octanol–water partition coefficient (Wildman–Crippen LogP) is 5.43. The lowest BCUT2D eigenvalue weighted by Crippen LogP contribution is -3.13. The molecule has 3 N–H and O–H groups in total. The van der Waals surface area contributed by atoms with E-state index in [4.69, 9.17) is 32.7 Å². The Bertz CT molecular complexity index is 1500. The van der Waals surface area contributed by atoms with E-state index >= 15 is 0 Å². The van der Waals surface area contributed by atoms with Crippen LogP contribution in [0.1, 0.15) is 42.1 Å². The molecule has 0 saturated carbocycles. The lowest BCUT2D eigenvalue weighted by atomic mass is 9.92. The van der Waals surface area contributed by atoms with Gasteiger partial charge in [-0.25, -0.2) is 4.79 Å². The third kappa shape index (κ3) is 6.33. The number of ether oxygens (including phenoxy) is 2. The second kappa shape index (κ2) is 12.3. The van der Waals surface area contributed by atoms with Crippen LogP contribution in [0.5, 0.6) is 11.5 Å². The van der Waals surface area contributed by atoms with Crippen molar-refractivity contribution in [3.8, 4) is 11.5 Å². The van der Waals surface area contributed by atoms with Crippen LogP contribution < -0.4 is 14.4 Å². The van der Waals surface area contributed by atoms with Gasteiger partial charge in [0.15, 0.2) is 0 Å². The van der Waals surface area contributed by atoms with Gasteiger partial charge in [-0.15, -0.1) is 0 Å². The highest BCUT2D eigenvalue weighted by Crippen LogP contribution is 2.40. The average molecular weight is 596 g/mol. The Balaban J connectivity index is 1.20. The number of aromatic amines is 1. The fourth-order valence-electron chi connectivity index (χ4n) is 5.99. The normalized spacial score (nSPS) is 20.6. The van der Waals surface area contributed by atoms with Crippen LogP contribution in [-0.4, -0.2) is 60.0 Å². The number of amides is 1. The van der Waals surface area contributed by atoms with Crippen molar-refractivity contribution in [1.82, 2.24) is 9.88 Å². The molecule has 214 valence electrons. The van der Waals surface area contributed by atoms with E-state index in [2.05, 4.69) is 4.98 Å². The molecule has 1 amide bonds. The number of aliphatic hydroxyl groups is 1. The van der Waals surface area contributed by atoms with E-state index in [0.29, 0.717) is 35.4 Å². The Labute approximate surface area is 249 Å². The van der Waals surface area contributed by atoms with Crippen molar-refractivity contribution in [2.24, 2.45) is 0 Å². The van der Waals surface area contributed by atoms with E-state index in [9.17, 15) is 9.90 Å². The molecule has 7 nitrogen and oxygen atoms in total. The zero-order valence-corrected chi connectivity index (χ0v) is 24.3. The van der Waals surface area contributed by atoms with Gasteiger partial charge in [-0.3, -0.25) is 4.90 Å². The number of hydrogen-bond acceptors (Lipinski definition) is 4. The van der Waals surface area contributed by atoms with Crippen molar-refractivity contribution in [1.29, 1.82) is 0 Å². The molecule has 1 aromatic heterocycles. The topological polar surface area (TPSA) is 79.2 Å². The molecule has 6 rings (SSSR count). The van der Waals surface area contributed by atoms with Crippen LogP contribution in [0.2, 0.25) is 10.0 Å². The third-order valence-corrected chi connectivity index (χ3v) is 8.63. The molecule has 0 bridgehead atoms. The maximum Gasteiger partial charge on any atom is 0.416 e. The van der Waals surface area contributed by atoms with Crippen LogP contribution in [0, 0.1) is 0 Å². The van der Waals surface area contributed by atoms with Crippen LogP contribution in [0.15, 0.2) is 66.7 Å². The van der Waals surface area contributed by atoms with Crippen LogP contribution in [0.3, 0.4) is 0 Å². The standard InChI is InChI=1S/C32H33Cl2N3O4/c33-22-4-9-26(10-5-22)41-32(39)37-18-14-27-28-20-23(34)6-11-29(28)35-30(27)31(37)21-2-7-25(8-3-21)40-19-1-15-36-16-12-24(38)13-17-36/h2-11,20,24,31,35,38H,1,12-19H2/p+1. The predicted molar refractivity (Wildman–Crippen MR) is 160 cm³/mol. The lowest BCUT2D eigenvalue weighted by molar-refractivity contribution is -0.906. The molecule has 1 unspecified atom stereocenters. The molecule has 2 aliphatic rings. The van der Waals surface area contributed by atoms with Gasteiger partial charge in [-0.2, -0.15) is 0 Å². The maximum atomic E-state index is 13.5. The van der Waals surface area contributed by atoms with Crippen molar-refractivity contribution in [2.75, 3.05) is 32.8 Å². The summed E-state index contributed by atoms with van der Waals surface area (Å²) < 4.78 is 11.8. The number of fused-ring (bicyclic) bond motifs is 3. The second-order valence-electron chi connectivity index (χ2n) is 10.9. The molecule has 0 radical (unpaired) electrons. The SMILES string of the molecule is O=C(Oc1ccc(Cl)cc1)N1CCc2c([nH]c3ccc(Cl)cc23)C1c1ccc(OCCC[NH+]2CCC(O)CC2)cc1. The molecular formula is C32H34Cl2N3O4+.